The summed E-state index contributed by atoms with van der Waals surface area (Å²) in [5, 5.41) is 12.5. The molecule has 0 saturated heterocycles. The zero-order valence-electron chi connectivity index (χ0n) is 17.7. The second-order valence-corrected chi connectivity index (χ2v) is 6.96. The van der Waals surface area contributed by atoms with Gasteiger partial charge in [0, 0.05) is 26.5 Å². The van der Waals surface area contributed by atoms with Crippen LogP contribution in [0, 0.1) is 11.3 Å². The number of pyridine rings is 1. The molecule has 0 saturated carbocycles. The predicted octanol–water partition coefficient (Wildman–Crippen LogP) is 2.11. The van der Waals surface area contributed by atoms with Gasteiger partial charge in [-0.15, -0.1) is 0 Å². The Labute approximate surface area is 179 Å². The van der Waals surface area contributed by atoms with Crippen LogP contribution in [0.25, 0.3) is 0 Å². The van der Waals surface area contributed by atoms with E-state index >= 15 is 0 Å². The fraction of sp³-hybridized carbons (Fsp3) is 0.273. The van der Waals surface area contributed by atoms with Crippen LogP contribution in [0.15, 0.2) is 52.3 Å². The summed E-state index contributed by atoms with van der Waals surface area (Å²) in [4.78, 5) is 28.5. The summed E-state index contributed by atoms with van der Waals surface area (Å²) in [7, 11) is 4.40. The van der Waals surface area contributed by atoms with Crippen LogP contribution in [-0.4, -0.2) is 21.2 Å². The lowest BCUT2D eigenvalue weighted by atomic mass is 10.1. The van der Waals surface area contributed by atoms with Crippen molar-refractivity contribution in [3.63, 3.8) is 0 Å². The van der Waals surface area contributed by atoms with Crippen LogP contribution in [-0.2, 0) is 20.7 Å². The number of hydrogen-bond donors (Lipinski definition) is 1. The maximum Gasteiger partial charge on any atom is 0.332 e. The number of benzene rings is 1. The number of nitriles is 1. The normalized spacial score (nSPS) is 11.5. The topological polar surface area (TPSA) is 111 Å². The molecule has 0 bridgehead atoms. The standard InChI is InChI=1S/C22H23N5O4/c1-14(25-20-17(12-23)21(28)27(3)22(29)26(20)2)16-5-6-18(19(11-16)30-4)31-13-15-7-9-24-10-8-15/h5-11,14,25H,13H2,1-4H3. The molecule has 1 aromatic carbocycles. The van der Waals surface area contributed by atoms with Crippen molar-refractivity contribution >= 4 is 5.82 Å². The van der Waals surface area contributed by atoms with Gasteiger partial charge in [0.15, 0.2) is 17.1 Å². The van der Waals surface area contributed by atoms with Crippen molar-refractivity contribution in [1.29, 1.82) is 5.26 Å². The molecule has 31 heavy (non-hydrogen) atoms. The number of hydrogen-bond acceptors (Lipinski definition) is 7. The molecule has 160 valence electrons. The van der Waals surface area contributed by atoms with Crippen LogP contribution < -0.4 is 26.0 Å². The average molecular weight is 421 g/mol. The van der Waals surface area contributed by atoms with E-state index in [9.17, 15) is 14.9 Å². The Morgan fingerprint density at radius 3 is 2.48 bits per heavy atom. The summed E-state index contributed by atoms with van der Waals surface area (Å²) in [6.45, 7) is 2.22. The highest BCUT2D eigenvalue weighted by molar-refractivity contribution is 5.53. The number of methoxy groups -OCH3 is 1. The third-order valence-corrected chi connectivity index (χ3v) is 4.96. The molecule has 3 aromatic rings. The van der Waals surface area contributed by atoms with Crippen LogP contribution in [0.3, 0.4) is 0 Å². The Morgan fingerprint density at radius 1 is 1.13 bits per heavy atom. The number of nitrogens with zero attached hydrogens (tertiary/aromatic N) is 4. The molecule has 0 aliphatic carbocycles. The van der Waals surface area contributed by atoms with E-state index in [4.69, 9.17) is 9.47 Å². The van der Waals surface area contributed by atoms with Gasteiger partial charge < -0.3 is 14.8 Å². The van der Waals surface area contributed by atoms with Crippen molar-refractivity contribution in [3.05, 3.63) is 80.3 Å². The van der Waals surface area contributed by atoms with E-state index in [2.05, 4.69) is 10.3 Å². The van der Waals surface area contributed by atoms with Gasteiger partial charge in [0.05, 0.1) is 13.2 Å². The van der Waals surface area contributed by atoms with Gasteiger partial charge in [-0.2, -0.15) is 5.26 Å². The summed E-state index contributed by atoms with van der Waals surface area (Å²) in [6.07, 6.45) is 3.40. The van der Waals surface area contributed by atoms with Gasteiger partial charge >= 0.3 is 5.69 Å². The second kappa shape index (κ2) is 9.17. The Morgan fingerprint density at radius 2 is 1.84 bits per heavy atom. The molecule has 0 fully saturated rings. The smallest absolute Gasteiger partial charge is 0.332 e. The molecule has 0 spiro atoms. The van der Waals surface area contributed by atoms with E-state index in [1.165, 1.54) is 18.7 Å². The molecule has 0 amide bonds. The lowest BCUT2D eigenvalue weighted by Crippen LogP contribution is -2.40. The maximum atomic E-state index is 12.3. The molecule has 0 aliphatic rings. The maximum absolute atomic E-state index is 12.3. The van der Waals surface area contributed by atoms with Gasteiger partial charge in [0.2, 0.25) is 0 Å². The van der Waals surface area contributed by atoms with Crippen molar-refractivity contribution < 1.29 is 9.47 Å². The highest BCUT2D eigenvalue weighted by Gasteiger charge is 2.18. The number of ether oxygens (including phenoxy) is 2. The minimum Gasteiger partial charge on any atom is -0.493 e. The van der Waals surface area contributed by atoms with Gasteiger partial charge in [-0.25, -0.2) is 4.79 Å². The van der Waals surface area contributed by atoms with Crippen LogP contribution >= 0.6 is 0 Å². The van der Waals surface area contributed by atoms with Crippen molar-refractivity contribution in [2.24, 2.45) is 14.1 Å². The molecular weight excluding hydrogens is 398 g/mol. The first kappa shape index (κ1) is 21.6. The lowest BCUT2D eigenvalue weighted by Gasteiger charge is -2.20. The monoisotopic (exact) mass is 421 g/mol. The minimum atomic E-state index is -0.641. The SMILES string of the molecule is COc1cc(C(C)Nc2c(C#N)c(=O)n(C)c(=O)n2C)ccc1OCc1ccncc1. The molecule has 0 radical (unpaired) electrons. The number of rotatable bonds is 7. The largest absolute Gasteiger partial charge is 0.493 e. The Bertz CT molecular complexity index is 1240. The highest BCUT2D eigenvalue weighted by Crippen LogP contribution is 2.32. The summed E-state index contributed by atoms with van der Waals surface area (Å²) >= 11 is 0. The quantitative estimate of drug-likeness (QED) is 0.622. The first-order valence-electron chi connectivity index (χ1n) is 9.53. The number of nitrogens with one attached hydrogen (secondary N) is 1. The number of aromatic nitrogens is 3. The van der Waals surface area contributed by atoms with Crippen molar-refractivity contribution in [2.75, 3.05) is 12.4 Å². The summed E-state index contributed by atoms with van der Waals surface area (Å²) < 4.78 is 13.5. The predicted molar refractivity (Wildman–Crippen MR) is 115 cm³/mol. The second-order valence-electron chi connectivity index (χ2n) is 6.96. The van der Waals surface area contributed by atoms with E-state index in [-0.39, 0.29) is 17.4 Å². The molecule has 3 rings (SSSR count). The van der Waals surface area contributed by atoms with Gasteiger partial charge in [0.25, 0.3) is 5.56 Å². The molecule has 2 heterocycles. The first-order chi connectivity index (χ1) is 14.9. The first-order valence-corrected chi connectivity index (χ1v) is 9.53. The fourth-order valence-corrected chi connectivity index (χ4v) is 3.12. The summed E-state index contributed by atoms with van der Waals surface area (Å²) in [6, 6.07) is 10.8. The Hall–Kier alpha value is -4.06. The van der Waals surface area contributed by atoms with Crippen LogP contribution in [0.1, 0.15) is 29.7 Å². The van der Waals surface area contributed by atoms with E-state index in [0.717, 1.165) is 15.7 Å². The van der Waals surface area contributed by atoms with E-state index in [0.29, 0.717) is 18.1 Å². The van der Waals surface area contributed by atoms with Gasteiger partial charge in [-0.1, -0.05) is 6.07 Å². The minimum absolute atomic E-state index is 0.124. The zero-order chi connectivity index (χ0) is 22.5. The zero-order valence-corrected chi connectivity index (χ0v) is 17.7. The molecule has 1 atom stereocenters. The van der Waals surface area contributed by atoms with Gasteiger partial charge in [0.1, 0.15) is 18.5 Å². The molecule has 9 heteroatoms. The molecular formula is C22H23N5O4. The molecule has 1 unspecified atom stereocenters. The average Bonchev–Trinajstić information content (AvgIpc) is 2.80. The van der Waals surface area contributed by atoms with Crippen LogP contribution in [0.2, 0.25) is 0 Å². The molecule has 1 N–H and O–H groups in total. The molecule has 9 nitrogen and oxygen atoms in total. The van der Waals surface area contributed by atoms with Crippen LogP contribution in [0.5, 0.6) is 11.5 Å². The molecule has 0 aliphatic heterocycles. The van der Waals surface area contributed by atoms with Gasteiger partial charge in [-0.05, 0) is 42.3 Å². The van der Waals surface area contributed by atoms with E-state index in [1.807, 2.05) is 37.3 Å². The van der Waals surface area contributed by atoms with Crippen molar-refractivity contribution in [1.82, 2.24) is 14.1 Å². The lowest BCUT2D eigenvalue weighted by molar-refractivity contribution is 0.284. The van der Waals surface area contributed by atoms with Crippen molar-refractivity contribution in [2.45, 2.75) is 19.6 Å². The summed E-state index contributed by atoms with van der Waals surface area (Å²) in [5.41, 5.74) is 0.520. The summed E-state index contributed by atoms with van der Waals surface area (Å²) in [5.74, 6) is 1.28. The van der Waals surface area contributed by atoms with E-state index < -0.39 is 11.2 Å². The van der Waals surface area contributed by atoms with Crippen molar-refractivity contribution in [3.8, 4) is 17.6 Å². The highest BCUT2D eigenvalue weighted by atomic mass is 16.5. The third-order valence-electron chi connectivity index (χ3n) is 4.96. The van der Waals surface area contributed by atoms with Gasteiger partial charge in [-0.3, -0.25) is 18.9 Å². The van der Waals surface area contributed by atoms with E-state index in [1.54, 1.807) is 25.6 Å². The fourth-order valence-electron chi connectivity index (χ4n) is 3.12. The number of anilines is 1. The Kier molecular flexibility index (Phi) is 6.40. The Balaban J connectivity index is 1.86. The third kappa shape index (κ3) is 4.43. The van der Waals surface area contributed by atoms with Crippen LogP contribution in [0.4, 0.5) is 5.82 Å². The molecule has 2 aromatic heterocycles.